The minimum absolute atomic E-state index is 0.0519. The van der Waals surface area contributed by atoms with Gasteiger partial charge in [-0.1, -0.05) is 12.1 Å². The molecule has 0 radical (unpaired) electrons. The summed E-state index contributed by atoms with van der Waals surface area (Å²) in [5.41, 5.74) is 1.54. The fraction of sp³-hybridized carbons (Fsp3) is 0.167. The van der Waals surface area contributed by atoms with Gasteiger partial charge in [0.2, 0.25) is 5.91 Å². The summed E-state index contributed by atoms with van der Waals surface area (Å²) in [7, 11) is -0.795. The average molecular weight is 400 g/mol. The number of imidazole rings is 1. The Kier molecular flexibility index (Phi) is 3.89. The van der Waals surface area contributed by atoms with Crippen LogP contribution in [0.2, 0.25) is 0 Å². The first-order valence-electron chi connectivity index (χ1n) is 8.33. The molecule has 4 rings (SSSR count). The van der Waals surface area contributed by atoms with Crippen LogP contribution in [0.5, 0.6) is 0 Å². The first kappa shape index (κ1) is 18.0. The van der Waals surface area contributed by atoms with Crippen molar-refractivity contribution >= 4 is 38.6 Å². The Morgan fingerprint density at radius 3 is 2.39 bits per heavy atom. The highest BCUT2D eigenvalue weighted by molar-refractivity contribution is 7.90. The summed E-state index contributed by atoms with van der Waals surface area (Å²) >= 11 is 0. The standard InChI is InChI=1S/C18H16N4O5S/c1-20-13-8-7-11(9-14(13)21(2)18(20)25)19-16(23)10-22-17(24)12-5-3-4-6-15(12)28(22,26)27/h3-9H,10H2,1-2H3,(H,19,23). The maximum Gasteiger partial charge on any atom is 0.328 e. The lowest BCUT2D eigenvalue weighted by atomic mass is 10.2. The van der Waals surface area contributed by atoms with Crippen molar-refractivity contribution in [3.8, 4) is 0 Å². The van der Waals surface area contributed by atoms with Gasteiger partial charge in [-0.25, -0.2) is 17.5 Å². The molecule has 0 saturated heterocycles. The van der Waals surface area contributed by atoms with Gasteiger partial charge in [-0.3, -0.25) is 18.7 Å². The molecule has 2 aromatic carbocycles. The van der Waals surface area contributed by atoms with Gasteiger partial charge in [0, 0.05) is 19.8 Å². The highest BCUT2D eigenvalue weighted by Crippen LogP contribution is 2.29. The summed E-state index contributed by atoms with van der Waals surface area (Å²) in [5.74, 6) is -1.39. The Morgan fingerprint density at radius 2 is 1.68 bits per heavy atom. The van der Waals surface area contributed by atoms with Crippen molar-refractivity contribution in [3.05, 3.63) is 58.5 Å². The third kappa shape index (κ3) is 2.53. The number of benzene rings is 2. The van der Waals surface area contributed by atoms with Gasteiger partial charge in [-0.05, 0) is 30.3 Å². The molecule has 2 amide bonds. The van der Waals surface area contributed by atoms with E-state index < -0.39 is 28.4 Å². The fourth-order valence-corrected chi connectivity index (χ4v) is 4.83. The molecule has 3 aromatic rings. The summed E-state index contributed by atoms with van der Waals surface area (Å²) in [4.78, 5) is 36.7. The van der Waals surface area contributed by atoms with Crippen LogP contribution >= 0.6 is 0 Å². The fourth-order valence-electron chi connectivity index (χ4n) is 3.30. The zero-order valence-corrected chi connectivity index (χ0v) is 15.9. The van der Waals surface area contributed by atoms with Crippen molar-refractivity contribution in [1.82, 2.24) is 13.4 Å². The van der Waals surface area contributed by atoms with Crippen LogP contribution in [0.25, 0.3) is 11.0 Å². The third-order valence-corrected chi connectivity index (χ3v) is 6.54. The lowest BCUT2D eigenvalue weighted by Crippen LogP contribution is -2.37. The number of aromatic nitrogens is 2. The molecule has 0 bridgehead atoms. The van der Waals surface area contributed by atoms with E-state index >= 15 is 0 Å². The van der Waals surface area contributed by atoms with Crippen LogP contribution in [0.15, 0.2) is 52.2 Å². The largest absolute Gasteiger partial charge is 0.328 e. The van der Waals surface area contributed by atoms with E-state index in [0.717, 1.165) is 0 Å². The Labute approximate surface area is 159 Å². The van der Waals surface area contributed by atoms with Crippen molar-refractivity contribution in [1.29, 1.82) is 0 Å². The summed E-state index contributed by atoms with van der Waals surface area (Å²) in [6.07, 6.45) is 0. The number of nitrogens with one attached hydrogen (secondary N) is 1. The van der Waals surface area contributed by atoms with Crippen LogP contribution < -0.4 is 11.0 Å². The first-order chi connectivity index (χ1) is 13.2. The Bertz CT molecular complexity index is 1320. The summed E-state index contributed by atoms with van der Waals surface area (Å²) < 4.78 is 28.5. The number of fused-ring (bicyclic) bond motifs is 2. The molecule has 0 fully saturated rings. The lowest BCUT2D eigenvalue weighted by Gasteiger charge is -2.15. The number of carbonyl (C=O) groups is 2. The highest BCUT2D eigenvalue weighted by Gasteiger charge is 2.41. The van der Waals surface area contributed by atoms with E-state index in [2.05, 4.69) is 5.32 Å². The summed E-state index contributed by atoms with van der Waals surface area (Å²) in [6.45, 7) is -0.637. The molecular weight excluding hydrogens is 384 g/mol. The maximum atomic E-state index is 12.5. The monoisotopic (exact) mass is 400 g/mol. The van der Waals surface area contributed by atoms with Crippen LogP contribution in [-0.2, 0) is 28.9 Å². The van der Waals surface area contributed by atoms with E-state index in [4.69, 9.17) is 0 Å². The van der Waals surface area contributed by atoms with Gasteiger partial charge in [-0.2, -0.15) is 0 Å². The van der Waals surface area contributed by atoms with Crippen LogP contribution in [-0.4, -0.2) is 40.2 Å². The van der Waals surface area contributed by atoms with Crippen molar-refractivity contribution < 1.29 is 18.0 Å². The normalized spacial score (nSPS) is 15.1. The average Bonchev–Trinajstić information content (AvgIpc) is 3.00. The van der Waals surface area contributed by atoms with Crippen LogP contribution in [0.1, 0.15) is 10.4 Å². The number of rotatable bonds is 3. The second-order valence-electron chi connectivity index (χ2n) is 6.47. The SMILES string of the molecule is Cn1c(=O)n(C)c2cc(NC(=O)CN3C(=O)c4ccccc4S3(=O)=O)ccc21. The van der Waals surface area contributed by atoms with Crippen LogP contribution in [0.3, 0.4) is 0 Å². The molecular formula is C18H16N4O5S. The number of sulfonamides is 1. The molecule has 0 unspecified atom stereocenters. The van der Waals surface area contributed by atoms with E-state index in [9.17, 15) is 22.8 Å². The van der Waals surface area contributed by atoms with Crippen molar-refractivity contribution in [2.45, 2.75) is 4.90 Å². The first-order valence-corrected chi connectivity index (χ1v) is 9.77. The second kappa shape index (κ2) is 6.06. The van der Waals surface area contributed by atoms with Gasteiger partial charge in [0.1, 0.15) is 11.4 Å². The molecule has 2 heterocycles. The Morgan fingerprint density at radius 1 is 1.00 bits per heavy atom. The number of anilines is 1. The number of aryl methyl sites for hydroxylation is 2. The van der Waals surface area contributed by atoms with E-state index in [0.29, 0.717) is 21.0 Å². The topological polar surface area (TPSA) is 110 Å². The van der Waals surface area contributed by atoms with Crippen LogP contribution in [0, 0.1) is 0 Å². The number of hydrogen-bond donors (Lipinski definition) is 1. The van der Waals surface area contributed by atoms with E-state index in [1.54, 1.807) is 38.4 Å². The number of hydrogen-bond acceptors (Lipinski definition) is 5. The molecule has 144 valence electrons. The van der Waals surface area contributed by atoms with Gasteiger partial charge >= 0.3 is 5.69 Å². The second-order valence-corrected chi connectivity index (χ2v) is 8.30. The third-order valence-electron chi connectivity index (χ3n) is 4.75. The van der Waals surface area contributed by atoms with Crippen LogP contribution in [0.4, 0.5) is 5.69 Å². The van der Waals surface area contributed by atoms with Gasteiger partial charge in [0.15, 0.2) is 0 Å². The zero-order chi connectivity index (χ0) is 20.2. The molecule has 0 atom stereocenters. The van der Waals surface area contributed by atoms with Gasteiger partial charge in [0.05, 0.1) is 16.6 Å². The predicted octanol–water partition coefficient (Wildman–Crippen LogP) is 0.660. The zero-order valence-electron chi connectivity index (χ0n) is 15.0. The minimum atomic E-state index is -4.05. The Hall–Kier alpha value is -3.40. The molecule has 0 saturated carbocycles. The number of nitrogens with zero attached hydrogens (tertiary/aromatic N) is 3. The van der Waals surface area contributed by atoms with Crippen molar-refractivity contribution in [2.24, 2.45) is 14.1 Å². The molecule has 10 heteroatoms. The van der Waals surface area contributed by atoms with Crippen molar-refractivity contribution in [3.63, 3.8) is 0 Å². The molecule has 9 nitrogen and oxygen atoms in total. The smallest absolute Gasteiger partial charge is 0.324 e. The molecule has 0 aliphatic carbocycles. The van der Waals surface area contributed by atoms with Gasteiger partial charge < -0.3 is 5.32 Å². The minimum Gasteiger partial charge on any atom is -0.324 e. The number of carbonyl (C=O) groups excluding carboxylic acids is 2. The molecule has 1 aliphatic rings. The maximum absolute atomic E-state index is 12.5. The van der Waals surface area contributed by atoms with Gasteiger partial charge in [-0.15, -0.1) is 0 Å². The molecule has 1 aromatic heterocycles. The van der Waals surface area contributed by atoms with E-state index in [-0.39, 0.29) is 16.1 Å². The van der Waals surface area contributed by atoms with Gasteiger partial charge in [0.25, 0.3) is 15.9 Å². The van der Waals surface area contributed by atoms with E-state index in [1.165, 1.54) is 27.3 Å². The van der Waals surface area contributed by atoms with Crippen molar-refractivity contribution in [2.75, 3.05) is 11.9 Å². The summed E-state index contributed by atoms with van der Waals surface area (Å²) in [6, 6.07) is 10.7. The highest BCUT2D eigenvalue weighted by atomic mass is 32.2. The van der Waals surface area contributed by atoms with E-state index in [1.807, 2.05) is 0 Å². The Balaban J connectivity index is 1.59. The molecule has 0 spiro atoms. The lowest BCUT2D eigenvalue weighted by molar-refractivity contribution is -0.116. The predicted molar refractivity (Wildman–Crippen MR) is 101 cm³/mol. The quantitative estimate of drug-likeness (QED) is 0.694. The molecule has 28 heavy (non-hydrogen) atoms. The number of amides is 2. The molecule has 1 aliphatic heterocycles. The molecule has 1 N–H and O–H groups in total. The summed E-state index contributed by atoms with van der Waals surface area (Å²) in [5, 5.41) is 2.58.